The van der Waals surface area contributed by atoms with Crippen LogP contribution in [0.2, 0.25) is 0 Å². The molecule has 0 saturated carbocycles. The lowest BCUT2D eigenvalue weighted by molar-refractivity contribution is -0.148. The van der Waals surface area contributed by atoms with Gasteiger partial charge in [-0.25, -0.2) is 5.48 Å². The summed E-state index contributed by atoms with van der Waals surface area (Å²) in [6, 6.07) is 6.63. The number of benzene rings is 1. The van der Waals surface area contributed by atoms with Gasteiger partial charge in [-0.15, -0.1) is 0 Å². The lowest BCUT2D eigenvalue weighted by Crippen LogP contribution is -2.64. The van der Waals surface area contributed by atoms with Crippen molar-refractivity contribution in [3.05, 3.63) is 35.4 Å². The number of carbonyl (C=O) groups is 3. The molecule has 3 N–H and O–H groups in total. The van der Waals surface area contributed by atoms with E-state index in [1.165, 1.54) is 26.5 Å². The second kappa shape index (κ2) is 9.74. The number of nitrogens with zero attached hydrogens (tertiary/aromatic N) is 1. The van der Waals surface area contributed by atoms with Gasteiger partial charge in [-0.2, -0.15) is 0 Å². The summed E-state index contributed by atoms with van der Waals surface area (Å²) in [5, 5.41) is 11.3. The van der Waals surface area contributed by atoms with Gasteiger partial charge in [0.25, 0.3) is 17.7 Å². The highest BCUT2D eigenvalue weighted by Crippen LogP contribution is 2.32. The van der Waals surface area contributed by atoms with E-state index in [0.29, 0.717) is 11.0 Å². The van der Waals surface area contributed by atoms with Crippen molar-refractivity contribution in [1.82, 2.24) is 15.7 Å². The van der Waals surface area contributed by atoms with Gasteiger partial charge >= 0.3 is 0 Å². The average molecular weight is 415 g/mol. The molecule has 0 spiro atoms. The lowest BCUT2D eigenvalue weighted by Gasteiger charge is -2.38. The van der Waals surface area contributed by atoms with Crippen LogP contribution in [0.4, 0.5) is 0 Å². The van der Waals surface area contributed by atoms with Gasteiger partial charge in [-0.3, -0.25) is 19.6 Å². The third kappa shape index (κ3) is 4.99. The van der Waals surface area contributed by atoms with E-state index in [1.54, 1.807) is 24.3 Å². The summed E-state index contributed by atoms with van der Waals surface area (Å²) in [6.45, 7) is 5.12. The van der Waals surface area contributed by atoms with Gasteiger partial charge < -0.3 is 15.0 Å². The van der Waals surface area contributed by atoms with Crippen LogP contribution < -0.4 is 10.8 Å². The van der Waals surface area contributed by atoms with Crippen LogP contribution in [0, 0.1) is 17.3 Å². The molecule has 1 aliphatic heterocycles. The Morgan fingerprint density at radius 3 is 2.37 bits per heavy atom. The molecular formula is C22H29N3O5. The molecule has 1 atom stereocenters. The molecule has 3 amide bonds. The zero-order valence-corrected chi connectivity index (χ0v) is 17.9. The van der Waals surface area contributed by atoms with Gasteiger partial charge in [0.05, 0.1) is 13.2 Å². The fourth-order valence-corrected chi connectivity index (χ4v) is 3.22. The Hall–Kier alpha value is -2.89. The minimum absolute atomic E-state index is 0.293. The third-order valence-corrected chi connectivity index (χ3v) is 5.54. The van der Waals surface area contributed by atoms with Crippen molar-refractivity contribution >= 4 is 17.7 Å². The van der Waals surface area contributed by atoms with E-state index in [9.17, 15) is 14.4 Å². The molecule has 30 heavy (non-hydrogen) atoms. The molecule has 0 bridgehead atoms. The largest absolute Gasteiger partial charge is 0.380 e. The molecule has 0 aromatic heterocycles. The van der Waals surface area contributed by atoms with Crippen LogP contribution in [0.3, 0.4) is 0 Å². The molecule has 1 fully saturated rings. The molecule has 0 unspecified atom stereocenters. The maximum atomic E-state index is 12.8. The Bertz CT molecular complexity index is 834. The smallest absolute Gasteiger partial charge is 0.278 e. The van der Waals surface area contributed by atoms with Crippen molar-refractivity contribution < 1.29 is 24.3 Å². The fourth-order valence-electron chi connectivity index (χ4n) is 3.22. The third-order valence-electron chi connectivity index (χ3n) is 5.54. The van der Waals surface area contributed by atoms with E-state index >= 15 is 0 Å². The number of hydrogen-bond donors (Lipinski definition) is 3. The first kappa shape index (κ1) is 23.4. The number of rotatable bonds is 7. The lowest BCUT2D eigenvalue weighted by atomic mass is 9.83. The number of amides is 3. The van der Waals surface area contributed by atoms with Gasteiger partial charge in [-0.1, -0.05) is 18.8 Å². The summed E-state index contributed by atoms with van der Waals surface area (Å²) in [5.41, 5.74) is 0.896. The number of nitrogens with one attached hydrogen (secondary N) is 2. The number of carbonyl (C=O) groups excluding carboxylic acids is 3. The highest BCUT2D eigenvalue weighted by atomic mass is 16.5. The van der Waals surface area contributed by atoms with Gasteiger partial charge in [-0.05, 0) is 44.0 Å². The number of hydrogen-bond acceptors (Lipinski definition) is 5. The van der Waals surface area contributed by atoms with E-state index in [1.807, 2.05) is 0 Å². The van der Waals surface area contributed by atoms with E-state index in [4.69, 9.17) is 9.94 Å². The standard InChI is InChI=1S/C22H29N3O5/c1-21(14-30-15-21)13-7-5-6-8-16-9-11-17(12-10-16)18(26)25(4)22(2,19(27)23-3)20(28)24-29/h9-12,29H,5,7,13-15H2,1-4H3,(H,23,27)(H,24,28)/t22-/m0/s1. The Labute approximate surface area is 176 Å². The second-order valence-electron chi connectivity index (χ2n) is 7.99. The van der Waals surface area contributed by atoms with Crippen LogP contribution in [-0.4, -0.2) is 60.7 Å². The topological polar surface area (TPSA) is 108 Å². The number of ether oxygens (including phenoxy) is 1. The second-order valence-corrected chi connectivity index (χ2v) is 7.99. The molecule has 1 saturated heterocycles. The zero-order valence-electron chi connectivity index (χ0n) is 17.9. The first-order valence-corrected chi connectivity index (χ1v) is 9.79. The summed E-state index contributed by atoms with van der Waals surface area (Å²) in [7, 11) is 2.67. The fraction of sp³-hybridized carbons (Fsp3) is 0.500. The molecule has 1 aromatic carbocycles. The van der Waals surface area contributed by atoms with Crippen molar-refractivity contribution in [3.63, 3.8) is 0 Å². The van der Waals surface area contributed by atoms with Gasteiger partial charge in [0.1, 0.15) is 0 Å². The Kier molecular flexibility index (Phi) is 7.59. The molecule has 8 heteroatoms. The summed E-state index contributed by atoms with van der Waals surface area (Å²) in [5.74, 6) is 3.94. The molecule has 0 aliphatic carbocycles. The average Bonchev–Trinajstić information content (AvgIpc) is 2.75. The zero-order chi connectivity index (χ0) is 22.4. The van der Waals surface area contributed by atoms with E-state index in [2.05, 4.69) is 24.1 Å². The van der Waals surface area contributed by atoms with Crippen molar-refractivity contribution in [2.75, 3.05) is 27.3 Å². The summed E-state index contributed by atoms with van der Waals surface area (Å²) < 4.78 is 5.25. The van der Waals surface area contributed by atoms with Crippen molar-refractivity contribution in [2.24, 2.45) is 5.41 Å². The summed E-state index contributed by atoms with van der Waals surface area (Å²) in [6.07, 6.45) is 2.89. The van der Waals surface area contributed by atoms with Gasteiger partial charge in [0.2, 0.25) is 0 Å². The highest BCUT2D eigenvalue weighted by Gasteiger charge is 2.47. The molecule has 1 aliphatic rings. The first-order valence-electron chi connectivity index (χ1n) is 9.79. The molecule has 1 heterocycles. The van der Waals surface area contributed by atoms with Crippen LogP contribution in [-0.2, 0) is 14.3 Å². The number of likely N-dealkylation sites (N-methyl/N-ethyl adjacent to an activating group) is 2. The van der Waals surface area contributed by atoms with Crippen LogP contribution in [0.1, 0.15) is 49.0 Å². The number of unbranched alkanes of at least 4 members (excludes halogenated alkanes) is 1. The van der Waals surface area contributed by atoms with Crippen LogP contribution in [0.15, 0.2) is 24.3 Å². The maximum absolute atomic E-state index is 12.8. The van der Waals surface area contributed by atoms with E-state index < -0.39 is 23.3 Å². The molecule has 2 rings (SSSR count). The van der Waals surface area contributed by atoms with Gasteiger partial charge in [0.15, 0.2) is 5.54 Å². The van der Waals surface area contributed by atoms with E-state index in [0.717, 1.165) is 42.9 Å². The minimum Gasteiger partial charge on any atom is -0.380 e. The summed E-state index contributed by atoms with van der Waals surface area (Å²) in [4.78, 5) is 38.1. The normalized spacial score (nSPS) is 16.2. The van der Waals surface area contributed by atoms with E-state index in [-0.39, 0.29) is 0 Å². The minimum atomic E-state index is -1.92. The van der Waals surface area contributed by atoms with Crippen LogP contribution in [0.5, 0.6) is 0 Å². The predicted molar refractivity (Wildman–Crippen MR) is 111 cm³/mol. The Morgan fingerprint density at radius 2 is 1.87 bits per heavy atom. The van der Waals surface area contributed by atoms with Crippen molar-refractivity contribution in [2.45, 2.75) is 38.6 Å². The Morgan fingerprint density at radius 1 is 1.23 bits per heavy atom. The quantitative estimate of drug-likeness (QED) is 0.205. The first-order chi connectivity index (χ1) is 14.2. The van der Waals surface area contributed by atoms with Crippen molar-refractivity contribution in [1.29, 1.82) is 0 Å². The molecular weight excluding hydrogens is 386 g/mol. The number of hydroxylamine groups is 1. The molecule has 1 aromatic rings. The molecule has 162 valence electrons. The van der Waals surface area contributed by atoms with Crippen LogP contribution >= 0.6 is 0 Å². The summed E-state index contributed by atoms with van der Waals surface area (Å²) >= 11 is 0. The van der Waals surface area contributed by atoms with Gasteiger partial charge in [0, 0.05) is 37.1 Å². The monoisotopic (exact) mass is 415 g/mol. The predicted octanol–water partition coefficient (Wildman–Crippen LogP) is 1.33. The Balaban J connectivity index is 2.02. The SMILES string of the molecule is CNC(=O)[C@@](C)(C(=O)NO)N(C)C(=O)c1ccc(C#CCCCC2(C)COC2)cc1. The van der Waals surface area contributed by atoms with Crippen LogP contribution in [0.25, 0.3) is 0 Å². The molecule has 0 radical (unpaired) electrons. The van der Waals surface area contributed by atoms with Crippen molar-refractivity contribution in [3.8, 4) is 11.8 Å². The highest BCUT2D eigenvalue weighted by molar-refractivity contribution is 6.12. The maximum Gasteiger partial charge on any atom is 0.278 e. The molecule has 8 nitrogen and oxygen atoms in total.